The summed E-state index contributed by atoms with van der Waals surface area (Å²) in [4.78, 5) is 0.172. The number of sulfonamides is 1. The number of halogens is 1. The number of hydrogen-bond acceptors (Lipinski definition) is 3. The lowest BCUT2D eigenvalue weighted by Gasteiger charge is -2.18. The van der Waals surface area contributed by atoms with Crippen LogP contribution in [-0.2, 0) is 16.6 Å². The van der Waals surface area contributed by atoms with Crippen LogP contribution in [0.25, 0.3) is 0 Å². The number of rotatable bonds is 8. The van der Waals surface area contributed by atoms with Gasteiger partial charge in [0.05, 0.1) is 5.02 Å². The second kappa shape index (κ2) is 7.09. The third-order valence-corrected chi connectivity index (χ3v) is 5.80. The maximum atomic E-state index is 12.6. The van der Waals surface area contributed by atoms with Crippen LogP contribution in [0.1, 0.15) is 38.2 Å². The summed E-state index contributed by atoms with van der Waals surface area (Å²) in [6.07, 6.45) is 4.15. The molecule has 21 heavy (non-hydrogen) atoms. The molecule has 1 fully saturated rings. The van der Waals surface area contributed by atoms with Crippen molar-refractivity contribution >= 4 is 21.6 Å². The van der Waals surface area contributed by atoms with E-state index in [-0.39, 0.29) is 16.0 Å². The fourth-order valence-corrected chi connectivity index (χ4v) is 4.29. The van der Waals surface area contributed by atoms with Gasteiger partial charge >= 0.3 is 0 Å². The van der Waals surface area contributed by atoms with Crippen LogP contribution in [0, 0.1) is 5.92 Å². The predicted octanol–water partition coefficient (Wildman–Crippen LogP) is 2.92. The van der Waals surface area contributed by atoms with Crippen molar-refractivity contribution in [3.8, 4) is 0 Å². The smallest absolute Gasteiger partial charge is 0.242 e. The van der Waals surface area contributed by atoms with Crippen LogP contribution >= 0.6 is 11.6 Å². The first kappa shape index (κ1) is 16.7. The third kappa shape index (κ3) is 4.68. The van der Waals surface area contributed by atoms with Gasteiger partial charge in [0, 0.05) is 12.6 Å². The van der Waals surface area contributed by atoms with E-state index in [1.54, 1.807) is 12.1 Å². The van der Waals surface area contributed by atoms with Gasteiger partial charge in [-0.1, -0.05) is 37.4 Å². The van der Waals surface area contributed by atoms with E-state index in [2.05, 4.69) is 10.0 Å². The molecule has 0 radical (unpaired) electrons. The standard InChI is InChI=1S/C15H23ClN2O2S/c1-3-13(8-11-4-5-11)18-21(19,20)15-9-12(10-17-2)6-7-14(15)16/h6-7,9,11,13,17-18H,3-5,8,10H2,1-2H3. The van der Waals surface area contributed by atoms with Crippen LogP contribution in [-0.4, -0.2) is 21.5 Å². The molecule has 0 saturated heterocycles. The number of nitrogens with one attached hydrogen (secondary N) is 2. The fraction of sp³-hybridized carbons (Fsp3) is 0.600. The quantitative estimate of drug-likeness (QED) is 0.770. The Morgan fingerprint density at radius 3 is 2.67 bits per heavy atom. The normalized spacial score (nSPS) is 16.9. The van der Waals surface area contributed by atoms with Gasteiger partial charge in [-0.25, -0.2) is 13.1 Å². The van der Waals surface area contributed by atoms with Gasteiger partial charge in [-0.05, 0) is 43.5 Å². The summed E-state index contributed by atoms with van der Waals surface area (Å²) >= 11 is 6.09. The molecule has 0 bridgehead atoms. The fourth-order valence-electron chi connectivity index (χ4n) is 2.40. The molecule has 1 aliphatic carbocycles. The first-order valence-corrected chi connectivity index (χ1v) is 9.27. The number of hydrogen-bond donors (Lipinski definition) is 2. The molecule has 0 spiro atoms. The lowest BCUT2D eigenvalue weighted by molar-refractivity contribution is 0.495. The molecule has 0 aromatic heterocycles. The highest BCUT2D eigenvalue weighted by Gasteiger charge is 2.28. The van der Waals surface area contributed by atoms with Crippen molar-refractivity contribution in [2.75, 3.05) is 7.05 Å². The average Bonchev–Trinajstić information content (AvgIpc) is 3.24. The Bertz CT molecular complexity index is 585. The summed E-state index contributed by atoms with van der Waals surface area (Å²) in [5, 5.41) is 3.28. The van der Waals surface area contributed by atoms with Crippen LogP contribution in [0.4, 0.5) is 0 Å². The minimum absolute atomic E-state index is 0.00785. The van der Waals surface area contributed by atoms with Crippen molar-refractivity contribution in [2.24, 2.45) is 5.92 Å². The first-order chi connectivity index (χ1) is 9.96. The second-order valence-corrected chi connectivity index (χ2v) is 7.79. The number of benzene rings is 1. The minimum atomic E-state index is -3.57. The summed E-state index contributed by atoms with van der Waals surface area (Å²) in [6.45, 7) is 2.62. The molecule has 1 aromatic rings. The summed E-state index contributed by atoms with van der Waals surface area (Å²) in [5.74, 6) is 0.684. The Kier molecular flexibility index (Phi) is 5.66. The van der Waals surface area contributed by atoms with Gasteiger partial charge in [-0.2, -0.15) is 0 Å². The van der Waals surface area contributed by atoms with Gasteiger partial charge in [0.25, 0.3) is 0 Å². The SMILES string of the molecule is CCC(CC1CC1)NS(=O)(=O)c1cc(CNC)ccc1Cl. The Balaban J connectivity index is 2.18. The van der Waals surface area contributed by atoms with Crippen molar-refractivity contribution in [3.63, 3.8) is 0 Å². The predicted molar refractivity (Wildman–Crippen MR) is 86.0 cm³/mol. The second-order valence-electron chi connectivity index (χ2n) is 5.70. The van der Waals surface area contributed by atoms with E-state index in [1.807, 2.05) is 20.0 Å². The van der Waals surface area contributed by atoms with E-state index >= 15 is 0 Å². The Hall–Kier alpha value is -0.620. The molecule has 2 N–H and O–H groups in total. The van der Waals surface area contributed by atoms with E-state index in [1.165, 1.54) is 12.8 Å². The molecule has 4 nitrogen and oxygen atoms in total. The molecule has 1 saturated carbocycles. The lowest BCUT2D eigenvalue weighted by atomic mass is 10.1. The van der Waals surface area contributed by atoms with Gasteiger partial charge in [0.15, 0.2) is 0 Å². The molecule has 1 aliphatic rings. The molecule has 1 atom stereocenters. The van der Waals surface area contributed by atoms with E-state index in [4.69, 9.17) is 11.6 Å². The summed E-state index contributed by atoms with van der Waals surface area (Å²) in [5.41, 5.74) is 0.900. The molecule has 0 amide bonds. The van der Waals surface area contributed by atoms with Gasteiger partial charge < -0.3 is 5.32 Å². The Morgan fingerprint density at radius 2 is 2.10 bits per heavy atom. The lowest BCUT2D eigenvalue weighted by Crippen LogP contribution is -2.35. The Morgan fingerprint density at radius 1 is 1.38 bits per heavy atom. The topological polar surface area (TPSA) is 58.2 Å². The molecular weight excluding hydrogens is 308 g/mol. The average molecular weight is 331 g/mol. The van der Waals surface area contributed by atoms with Gasteiger partial charge in [0.1, 0.15) is 4.90 Å². The molecule has 2 rings (SSSR count). The van der Waals surface area contributed by atoms with Crippen molar-refractivity contribution in [3.05, 3.63) is 28.8 Å². The van der Waals surface area contributed by atoms with Crippen LogP contribution < -0.4 is 10.0 Å². The van der Waals surface area contributed by atoms with Crippen molar-refractivity contribution < 1.29 is 8.42 Å². The van der Waals surface area contributed by atoms with Gasteiger partial charge in [0.2, 0.25) is 10.0 Å². The first-order valence-electron chi connectivity index (χ1n) is 7.41. The minimum Gasteiger partial charge on any atom is -0.316 e. The molecule has 0 heterocycles. The third-order valence-electron chi connectivity index (χ3n) is 3.80. The summed E-state index contributed by atoms with van der Waals surface area (Å²) in [6, 6.07) is 5.11. The molecule has 1 aromatic carbocycles. The van der Waals surface area contributed by atoms with E-state index < -0.39 is 10.0 Å². The molecule has 1 unspecified atom stereocenters. The molecule has 118 valence electrons. The van der Waals surface area contributed by atoms with Crippen LogP contribution in [0.3, 0.4) is 0 Å². The largest absolute Gasteiger partial charge is 0.316 e. The molecule has 0 aliphatic heterocycles. The van der Waals surface area contributed by atoms with Crippen molar-refractivity contribution in [2.45, 2.75) is 50.1 Å². The van der Waals surface area contributed by atoms with Gasteiger partial charge in [-0.15, -0.1) is 0 Å². The summed E-state index contributed by atoms with van der Waals surface area (Å²) in [7, 11) is -1.75. The van der Waals surface area contributed by atoms with E-state index in [0.717, 1.165) is 18.4 Å². The Labute approximate surface area is 132 Å². The zero-order chi connectivity index (χ0) is 15.5. The van der Waals surface area contributed by atoms with Gasteiger partial charge in [-0.3, -0.25) is 0 Å². The molecule has 6 heteroatoms. The monoisotopic (exact) mass is 330 g/mol. The molecular formula is C15H23ClN2O2S. The van der Waals surface area contributed by atoms with Crippen LogP contribution in [0.15, 0.2) is 23.1 Å². The summed E-state index contributed by atoms with van der Waals surface area (Å²) < 4.78 is 27.9. The highest BCUT2D eigenvalue weighted by atomic mass is 35.5. The highest BCUT2D eigenvalue weighted by molar-refractivity contribution is 7.89. The van der Waals surface area contributed by atoms with Crippen LogP contribution in [0.5, 0.6) is 0 Å². The van der Waals surface area contributed by atoms with Crippen molar-refractivity contribution in [1.29, 1.82) is 0 Å². The van der Waals surface area contributed by atoms with Crippen molar-refractivity contribution in [1.82, 2.24) is 10.0 Å². The van der Waals surface area contributed by atoms with Crippen LogP contribution in [0.2, 0.25) is 5.02 Å². The maximum Gasteiger partial charge on any atom is 0.242 e. The zero-order valence-electron chi connectivity index (χ0n) is 12.5. The highest BCUT2D eigenvalue weighted by Crippen LogP contribution is 2.34. The van der Waals surface area contributed by atoms with E-state index in [0.29, 0.717) is 12.5 Å². The maximum absolute atomic E-state index is 12.6. The van der Waals surface area contributed by atoms with E-state index in [9.17, 15) is 8.42 Å². The zero-order valence-corrected chi connectivity index (χ0v) is 14.1.